The van der Waals surface area contributed by atoms with E-state index in [0.29, 0.717) is 24.9 Å². The summed E-state index contributed by atoms with van der Waals surface area (Å²) < 4.78 is 28.2. The number of hydrogen-bond donors (Lipinski definition) is 1. The van der Waals surface area contributed by atoms with Crippen LogP contribution < -0.4 is 0 Å². The molecule has 2 aromatic rings. The molecule has 0 bridgehead atoms. The fraction of sp³-hybridized carbons (Fsp3) is 0.400. The highest BCUT2D eigenvalue weighted by Gasteiger charge is 2.15. The lowest BCUT2D eigenvalue weighted by Crippen LogP contribution is -2.07. The number of hydrogen-bond acceptors (Lipinski definition) is 2. The molecule has 0 spiro atoms. The van der Waals surface area contributed by atoms with Crippen molar-refractivity contribution in [3.63, 3.8) is 0 Å². The van der Waals surface area contributed by atoms with E-state index < -0.39 is 11.6 Å². The summed E-state index contributed by atoms with van der Waals surface area (Å²) >= 11 is 0. The maximum atomic E-state index is 13.2. The number of benzene rings is 1. The fourth-order valence-corrected chi connectivity index (χ4v) is 2.46. The standard InChI is InChI=1S/C15H18F2N2O/c1-3-14-13(9-20)15(4-2)19(18-14)8-10-5-11(16)7-12(17)6-10/h5-7,20H,3-4,8-9H2,1-2H3. The first-order chi connectivity index (χ1) is 9.58. The van der Waals surface area contributed by atoms with Crippen LogP contribution in [0.1, 0.15) is 36.4 Å². The van der Waals surface area contributed by atoms with Gasteiger partial charge in [0.25, 0.3) is 0 Å². The van der Waals surface area contributed by atoms with E-state index in [1.807, 2.05) is 13.8 Å². The van der Waals surface area contributed by atoms with E-state index in [1.54, 1.807) is 4.68 Å². The second-order valence-electron chi connectivity index (χ2n) is 4.67. The van der Waals surface area contributed by atoms with E-state index in [-0.39, 0.29) is 6.61 Å². The van der Waals surface area contributed by atoms with Crippen LogP contribution in [0.3, 0.4) is 0 Å². The van der Waals surface area contributed by atoms with Gasteiger partial charge in [0, 0.05) is 17.3 Å². The highest BCUT2D eigenvalue weighted by molar-refractivity contribution is 5.27. The molecule has 108 valence electrons. The van der Waals surface area contributed by atoms with Crippen LogP contribution in [0, 0.1) is 11.6 Å². The van der Waals surface area contributed by atoms with Crippen LogP contribution >= 0.6 is 0 Å². The van der Waals surface area contributed by atoms with Gasteiger partial charge in [-0.05, 0) is 30.5 Å². The average Bonchev–Trinajstić information content (AvgIpc) is 2.74. The van der Waals surface area contributed by atoms with Gasteiger partial charge in [0.2, 0.25) is 0 Å². The minimum atomic E-state index is -0.594. The average molecular weight is 280 g/mol. The number of aliphatic hydroxyl groups is 1. The summed E-state index contributed by atoms with van der Waals surface area (Å²) in [6, 6.07) is 3.45. The van der Waals surface area contributed by atoms with Crippen molar-refractivity contribution in [2.75, 3.05) is 0 Å². The predicted molar refractivity (Wildman–Crippen MR) is 72.4 cm³/mol. The van der Waals surface area contributed by atoms with Gasteiger partial charge in [0.1, 0.15) is 11.6 Å². The molecule has 0 radical (unpaired) electrons. The van der Waals surface area contributed by atoms with Crippen LogP contribution in [0.25, 0.3) is 0 Å². The normalized spacial score (nSPS) is 11.1. The van der Waals surface area contributed by atoms with E-state index >= 15 is 0 Å². The zero-order chi connectivity index (χ0) is 14.7. The van der Waals surface area contributed by atoms with Crippen LogP contribution in [-0.2, 0) is 26.0 Å². The van der Waals surface area contributed by atoms with Gasteiger partial charge in [0.15, 0.2) is 0 Å². The molecule has 0 aliphatic heterocycles. The van der Waals surface area contributed by atoms with Crippen molar-refractivity contribution < 1.29 is 13.9 Å². The van der Waals surface area contributed by atoms with Gasteiger partial charge >= 0.3 is 0 Å². The zero-order valence-electron chi connectivity index (χ0n) is 11.7. The maximum Gasteiger partial charge on any atom is 0.126 e. The summed E-state index contributed by atoms with van der Waals surface area (Å²) in [7, 11) is 0. The van der Waals surface area contributed by atoms with Crippen molar-refractivity contribution >= 4 is 0 Å². The van der Waals surface area contributed by atoms with Crippen LogP contribution in [0.2, 0.25) is 0 Å². The van der Waals surface area contributed by atoms with Crippen LogP contribution in [-0.4, -0.2) is 14.9 Å². The number of aliphatic hydroxyl groups excluding tert-OH is 1. The molecule has 20 heavy (non-hydrogen) atoms. The monoisotopic (exact) mass is 280 g/mol. The third-order valence-electron chi connectivity index (χ3n) is 3.33. The van der Waals surface area contributed by atoms with E-state index in [2.05, 4.69) is 5.10 Å². The minimum absolute atomic E-state index is 0.0656. The van der Waals surface area contributed by atoms with Crippen LogP contribution in [0.5, 0.6) is 0 Å². The molecule has 0 saturated heterocycles. The van der Waals surface area contributed by atoms with E-state index in [1.165, 1.54) is 12.1 Å². The van der Waals surface area contributed by atoms with Crippen LogP contribution in [0.4, 0.5) is 8.78 Å². The first-order valence-corrected chi connectivity index (χ1v) is 6.72. The molecule has 0 aliphatic carbocycles. The number of halogens is 2. The largest absolute Gasteiger partial charge is 0.392 e. The lowest BCUT2D eigenvalue weighted by molar-refractivity contribution is 0.279. The molecule has 1 aromatic carbocycles. The van der Waals surface area contributed by atoms with Crippen molar-refractivity contribution in [2.24, 2.45) is 0 Å². The molecule has 1 heterocycles. The second kappa shape index (κ2) is 6.13. The summed E-state index contributed by atoms with van der Waals surface area (Å²) in [5, 5.41) is 13.9. The van der Waals surface area contributed by atoms with Crippen LogP contribution in [0.15, 0.2) is 18.2 Å². The highest BCUT2D eigenvalue weighted by Crippen LogP contribution is 2.18. The van der Waals surface area contributed by atoms with E-state index in [9.17, 15) is 13.9 Å². The lowest BCUT2D eigenvalue weighted by Gasteiger charge is -2.07. The van der Waals surface area contributed by atoms with Crippen molar-refractivity contribution in [2.45, 2.75) is 39.8 Å². The van der Waals surface area contributed by atoms with Gasteiger partial charge in [-0.3, -0.25) is 4.68 Å². The molecule has 0 amide bonds. The summed E-state index contributed by atoms with van der Waals surface area (Å²) in [6.07, 6.45) is 1.42. The Morgan fingerprint density at radius 2 is 1.75 bits per heavy atom. The summed E-state index contributed by atoms with van der Waals surface area (Å²) in [5.41, 5.74) is 3.09. The fourth-order valence-electron chi connectivity index (χ4n) is 2.46. The number of nitrogens with zero attached hydrogens (tertiary/aromatic N) is 2. The lowest BCUT2D eigenvalue weighted by atomic mass is 10.1. The van der Waals surface area contributed by atoms with Gasteiger partial charge in [-0.25, -0.2) is 8.78 Å². The number of rotatable bonds is 5. The van der Waals surface area contributed by atoms with Crippen molar-refractivity contribution in [3.8, 4) is 0 Å². The van der Waals surface area contributed by atoms with Gasteiger partial charge in [0.05, 0.1) is 18.8 Å². The molecule has 0 atom stereocenters. The second-order valence-corrected chi connectivity index (χ2v) is 4.67. The summed E-state index contributed by atoms with van der Waals surface area (Å²) in [6.45, 7) is 4.17. The van der Waals surface area contributed by atoms with Gasteiger partial charge in [-0.1, -0.05) is 13.8 Å². The predicted octanol–water partition coefficient (Wildman–Crippen LogP) is 2.83. The Morgan fingerprint density at radius 3 is 2.25 bits per heavy atom. The van der Waals surface area contributed by atoms with Crippen molar-refractivity contribution in [1.82, 2.24) is 9.78 Å². The Balaban J connectivity index is 2.40. The van der Waals surface area contributed by atoms with Gasteiger partial charge in [-0.2, -0.15) is 5.10 Å². The Labute approximate surface area is 116 Å². The third kappa shape index (κ3) is 2.88. The molecule has 0 aliphatic rings. The molecule has 1 aromatic heterocycles. The molecule has 0 fully saturated rings. The SMILES string of the molecule is CCc1nn(Cc2cc(F)cc(F)c2)c(CC)c1CO. The number of aromatic nitrogens is 2. The molecular weight excluding hydrogens is 262 g/mol. The topological polar surface area (TPSA) is 38.0 Å². The molecule has 1 N–H and O–H groups in total. The van der Waals surface area contributed by atoms with Gasteiger partial charge < -0.3 is 5.11 Å². The Bertz CT molecular complexity index is 588. The molecule has 2 rings (SSSR count). The van der Waals surface area contributed by atoms with E-state index in [0.717, 1.165) is 23.0 Å². The highest BCUT2D eigenvalue weighted by atomic mass is 19.1. The maximum absolute atomic E-state index is 13.2. The Morgan fingerprint density at radius 1 is 1.10 bits per heavy atom. The Kier molecular flexibility index (Phi) is 4.49. The summed E-state index contributed by atoms with van der Waals surface area (Å²) in [5.74, 6) is -1.19. The van der Waals surface area contributed by atoms with Crippen molar-refractivity contribution in [1.29, 1.82) is 0 Å². The zero-order valence-corrected chi connectivity index (χ0v) is 11.7. The molecular formula is C15H18F2N2O. The quantitative estimate of drug-likeness (QED) is 0.914. The molecule has 5 heteroatoms. The number of aryl methyl sites for hydroxylation is 1. The minimum Gasteiger partial charge on any atom is -0.392 e. The molecule has 0 unspecified atom stereocenters. The molecule has 0 saturated carbocycles. The van der Waals surface area contributed by atoms with E-state index in [4.69, 9.17) is 0 Å². The first-order valence-electron chi connectivity index (χ1n) is 6.72. The third-order valence-corrected chi connectivity index (χ3v) is 3.33. The Hall–Kier alpha value is -1.75. The molecule has 3 nitrogen and oxygen atoms in total. The van der Waals surface area contributed by atoms with Gasteiger partial charge in [-0.15, -0.1) is 0 Å². The first kappa shape index (κ1) is 14.7. The summed E-state index contributed by atoms with van der Waals surface area (Å²) in [4.78, 5) is 0. The smallest absolute Gasteiger partial charge is 0.126 e. The van der Waals surface area contributed by atoms with Crippen molar-refractivity contribution in [3.05, 3.63) is 52.3 Å².